The van der Waals surface area contributed by atoms with E-state index in [1.165, 1.54) is 18.9 Å². The van der Waals surface area contributed by atoms with E-state index in [0.29, 0.717) is 10.0 Å². The van der Waals surface area contributed by atoms with E-state index in [-0.39, 0.29) is 6.54 Å². The van der Waals surface area contributed by atoms with E-state index in [2.05, 4.69) is 0 Å². The summed E-state index contributed by atoms with van der Waals surface area (Å²) in [6.45, 7) is 1.61. The second-order valence-corrected chi connectivity index (χ2v) is 4.90. The van der Waals surface area contributed by atoms with Crippen molar-refractivity contribution in [3.05, 3.63) is 33.8 Å². The fourth-order valence-electron chi connectivity index (χ4n) is 1.49. The van der Waals surface area contributed by atoms with E-state index in [4.69, 9.17) is 28.3 Å². The summed E-state index contributed by atoms with van der Waals surface area (Å²) in [4.78, 5) is 23.8. The first kappa shape index (κ1) is 14.8. The molecule has 4 nitrogen and oxygen atoms in total. The molecule has 18 heavy (non-hydrogen) atoms. The van der Waals surface area contributed by atoms with Crippen LogP contribution in [0.2, 0.25) is 10.0 Å². The van der Waals surface area contributed by atoms with Gasteiger partial charge >= 0.3 is 5.97 Å². The first-order chi connectivity index (χ1) is 8.31. The Balaban J connectivity index is 2.78. The van der Waals surface area contributed by atoms with Crippen molar-refractivity contribution in [1.29, 1.82) is 0 Å². The number of benzene rings is 1. The summed E-state index contributed by atoms with van der Waals surface area (Å²) >= 11 is 11.7. The Labute approximate surface area is 115 Å². The molecule has 1 rings (SSSR count). The number of nitrogens with zero attached hydrogens (tertiary/aromatic N) is 1. The van der Waals surface area contributed by atoms with Crippen LogP contribution in [-0.4, -0.2) is 28.9 Å². The highest BCUT2D eigenvalue weighted by Crippen LogP contribution is 2.20. The van der Waals surface area contributed by atoms with Crippen LogP contribution in [0.15, 0.2) is 18.2 Å². The third-order valence-electron chi connectivity index (χ3n) is 2.46. The minimum atomic E-state index is -1.14. The SMILES string of the molecule is CC(C(=O)O)C(=O)N(C)Cc1cc(Cl)cc(Cl)c1. The van der Waals surface area contributed by atoms with E-state index in [1.54, 1.807) is 18.2 Å². The molecule has 0 aromatic heterocycles. The molecule has 1 atom stereocenters. The quantitative estimate of drug-likeness (QED) is 0.867. The largest absolute Gasteiger partial charge is 0.481 e. The highest BCUT2D eigenvalue weighted by Gasteiger charge is 2.23. The zero-order valence-corrected chi connectivity index (χ0v) is 11.5. The Morgan fingerprint density at radius 3 is 2.22 bits per heavy atom. The Morgan fingerprint density at radius 2 is 1.78 bits per heavy atom. The number of aliphatic carboxylic acids is 1. The maximum Gasteiger partial charge on any atom is 0.315 e. The van der Waals surface area contributed by atoms with Gasteiger partial charge in [-0.2, -0.15) is 0 Å². The second kappa shape index (κ2) is 6.07. The number of hydrogen-bond donors (Lipinski definition) is 1. The average molecular weight is 290 g/mol. The van der Waals surface area contributed by atoms with Gasteiger partial charge in [-0.15, -0.1) is 0 Å². The molecule has 0 radical (unpaired) electrons. The lowest BCUT2D eigenvalue weighted by Crippen LogP contribution is -2.34. The summed E-state index contributed by atoms with van der Waals surface area (Å²) in [6.07, 6.45) is 0. The molecule has 1 aromatic rings. The molecule has 98 valence electrons. The standard InChI is InChI=1S/C12H13Cl2NO3/c1-7(12(17)18)11(16)15(2)6-8-3-9(13)5-10(14)4-8/h3-5,7H,6H2,1-2H3,(H,17,18). The molecular weight excluding hydrogens is 277 g/mol. The van der Waals surface area contributed by atoms with E-state index >= 15 is 0 Å². The highest BCUT2D eigenvalue weighted by molar-refractivity contribution is 6.34. The van der Waals surface area contributed by atoms with Gasteiger partial charge in [-0.25, -0.2) is 0 Å². The fourth-order valence-corrected chi connectivity index (χ4v) is 2.06. The Hall–Kier alpha value is -1.26. The number of carboxylic acids is 1. The molecule has 1 amide bonds. The first-order valence-electron chi connectivity index (χ1n) is 5.24. The Bertz CT molecular complexity index is 456. The summed E-state index contributed by atoms with van der Waals surface area (Å²) in [5.41, 5.74) is 0.751. The van der Waals surface area contributed by atoms with Crippen molar-refractivity contribution >= 4 is 35.1 Å². The van der Waals surface area contributed by atoms with Gasteiger partial charge in [0.05, 0.1) is 0 Å². The van der Waals surface area contributed by atoms with Gasteiger partial charge in [-0.3, -0.25) is 9.59 Å². The predicted molar refractivity (Wildman–Crippen MR) is 69.7 cm³/mol. The van der Waals surface area contributed by atoms with Crippen LogP contribution in [0.3, 0.4) is 0 Å². The number of carbonyl (C=O) groups excluding carboxylic acids is 1. The van der Waals surface area contributed by atoms with Gasteiger partial charge in [0.1, 0.15) is 5.92 Å². The van der Waals surface area contributed by atoms with Gasteiger partial charge in [-0.05, 0) is 30.7 Å². The maximum atomic E-state index is 11.7. The third-order valence-corrected chi connectivity index (χ3v) is 2.90. The maximum absolute atomic E-state index is 11.7. The zero-order valence-electron chi connectivity index (χ0n) is 9.98. The molecule has 1 aromatic carbocycles. The number of rotatable bonds is 4. The molecule has 0 bridgehead atoms. The van der Waals surface area contributed by atoms with Crippen LogP contribution < -0.4 is 0 Å². The molecule has 0 aliphatic carbocycles. The van der Waals surface area contributed by atoms with Gasteiger partial charge < -0.3 is 10.0 Å². The Morgan fingerprint density at radius 1 is 1.28 bits per heavy atom. The van der Waals surface area contributed by atoms with Crippen LogP contribution in [0, 0.1) is 5.92 Å². The second-order valence-electron chi connectivity index (χ2n) is 4.03. The van der Waals surface area contributed by atoms with Gasteiger partial charge in [0, 0.05) is 23.6 Å². The number of hydrogen-bond acceptors (Lipinski definition) is 2. The normalized spacial score (nSPS) is 12.0. The number of carboxylic acid groups (broad SMARTS) is 1. The molecule has 1 unspecified atom stereocenters. The van der Waals surface area contributed by atoms with Crippen molar-refractivity contribution in [3.63, 3.8) is 0 Å². The molecule has 0 spiro atoms. The molecule has 6 heteroatoms. The lowest BCUT2D eigenvalue weighted by atomic mass is 10.1. The van der Waals surface area contributed by atoms with Gasteiger partial charge in [-0.1, -0.05) is 23.2 Å². The molecule has 0 aliphatic rings. The van der Waals surface area contributed by atoms with Crippen molar-refractivity contribution in [2.24, 2.45) is 5.92 Å². The summed E-state index contributed by atoms with van der Waals surface area (Å²) in [6, 6.07) is 4.96. The Kier molecular flexibility index (Phi) is 4.99. The van der Waals surface area contributed by atoms with E-state index < -0.39 is 17.8 Å². The van der Waals surface area contributed by atoms with Crippen LogP contribution in [0.25, 0.3) is 0 Å². The minimum Gasteiger partial charge on any atom is -0.481 e. The summed E-state index contributed by atoms with van der Waals surface area (Å²) in [7, 11) is 1.54. The number of amides is 1. The van der Waals surface area contributed by atoms with Crippen LogP contribution >= 0.6 is 23.2 Å². The average Bonchev–Trinajstić information content (AvgIpc) is 2.25. The van der Waals surface area contributed by atoms with Gasteiger partial charge in [0.15, 0.2) is 0 Å². The predicted octanol–water partition coefficient (Wildman–Crippen LogP) is 2.67. The van der Waals surface area contributed by atoms with E-state index in [0.717, 1.165) is 5.56 Å². The molecule has 0 aliphatic heterocycles. The third kappa shape index (κ3) is 3.89. The van der Waals surface area contributed by atoms with E-state index in [1.807, 2.05) is 0 Å². The van der Waals surface area contributed by atoms with Crippen molar-refractivity contribution in [2.75, 3.05) is 7.05 Å². The number of halogens is 2. The molecular formula is C12H13Cl2NO3. The molecule has 1 N–H and O–H groups in total. The highest BCUT2D eigenvalue weighted by atomic mass is 35.5. The summed E-state index contributed by atoms with van der Waals surface area (Å²) < 4.78 is 0. The molecule has 0 heterocycles. The molecule has 0 saturated carbocycles. The van der Waals surface area contributed by atoms with Gasteiger partial charge in [0.25, 0.3) is 0 Å². The van der Waals surface area contributed by atoms with Crippen molar-refractivity contribution in [2.45, 2.75) is 13.5 Å². The molecule has 0 saturated heterocycles. The minimum absolute atomic E-state index is 0.261. The topological polar surface area (TPSA) is 57.6 Å². The zero-order chi connectivity index (χ0) is 13.9. The lowest BCUT2D eigenvalue weighted by molar-refractivity contribution is -0.149. The van der Waals surface area contributed by atoms with E-state index in [9.17, 15) is 9.59 Å². The fraction of sp³-hybridized carbons (Fsp3) is 0.333. The number of carbonyl (C=O) groups is 2. The van der Waals surface area contributed by atoms with Crippen LogP contribution in [-0.2, 0) is 16.1 Å². The van der Waals surface area contributed by atoms with Crippen molar-refractivity contribution in [1.82, 2.24) is 4.90 Å². The smallest absolute Gasteiger partial charge is 0.315 e. The first-order valence-corrected chi connectivity index (χ1v) is 5.99. The van der Waals surface area contributed by atoms with Crippen LogP contribution in [0.1, 0.15) is 12.5 Å². The van der Waals surface area contributed by atoms with Crippen LogP contribution in [0.4, 0.5) is 0 Å². The summed E-state index contributed by atoms with van der Waals surface area (Å²) in [5, 5.41) is 9.72. The molecule has 0 fully saturated rings. The van der Waals surface area contributed by atoms with Crippen LogP contribution in [0.5, 0.6) is 0 Å². The van der Waals surface area contributed by atoms with Crippen molar-refractivity contribution < 1.29 is 14.7 Å². The van der Waals surface area contributed by atoms with Gasteiger partial charge in [0.2, 0.25) is 5.91 Å². The summed E-state index contributed by atoms with van der Waals surface area (Å²) in [5.74, 6) is -2.67. The monoisotopic (exact) mass is 289 g/mol. The lowest BCUT2D eigenvalue weighted by Gasteiger charge is -2.19. The van der Waals surface area contributed by atoms with Crippen molar-refractivity contribution in [3.8, 4) is 0 Å².